The van der Waals surface area contributed by atoms with Crippen LogP contribution >= 0.6 is 0 Å². The van der Waals surface area contributed by atoms with Crippen LogP contribution in [0.3, 0.4) is 0 Å². The van der Waals surface area contributed by atoms with E-state index in [9.17, 15) is 14.7 Å². The second-order valence-corrected chi connectivity index (χ2v) is 6.64. The van der Waals surface area contributed by atoms with Crippen LogP contribution in [-0.2, 0) is 4.74 Å². The highest BCUT2D eigenvalue weighted by molar-refractivity contribution is 5.94. The molecule has 2 amide bonds. The van der Waals surface area contributed by atoms with Crippen molar-refractivity contribution < 1.29 is 19.4 Å². The first kappa shape index (κ1) is 18.4. The number of piperidine rings is 1. The van der Waals surface area contributed by atoms with Gasteiger partial charge in [-0.25, -0.2) is 9.78 Å². The minimum atomic E-state index is -0.252. The number of aromatic nitrogens is 1. The third-order valence-electron chi connectivity index (χ3n) is 5.03. The largest absolute Gasteiger partial charge is 0.505 e. The van der Waals surface area contributed by atoms with Crippen LogP contribution in [0, 0.1) is 0 Å². The number of carbonyl (C=O) groups excluding carboxylic acids is 2. The van der Waals surface area contributed by atoms with Gasteiger partial charge in [-0.2, -0.15) is 0 Å². The molecule has 0 bridgehead atoms. The van der Waals surface area contributed by atoms with E-state index in [2.05, 4.69) is 9.88 Å². The lowest BCUT2D eigenvalue weighted by Crippen LogP contribution is -2.56. The van der Waals surface area contributed by atoms with Crippen LogP contribution in [0.5, 0.6) is 5.75 Å². The summed E-state index contributed by atoms with van der Waals surface area (Å²) in [4.78, 5) is 34.4. The van der Waals surface area contributed by atoms with Gasteiger partial charge < -0.3 is 19.6 Å². The van der Waals surface area contributed by atoms with Crippen molar-refractivity contribution in [1.82, 2.24) is 19.7 Å². The van der Waals surface area contributed by atoms with E-state index in [0.29, 0.717) is 32.8 Å². The molecule has 1 atom stereocenters. The van der Waals surface area contributed by atoms with Crippen LogP contribution in [-0.4, -0.2) is 88.7 Å². The number of rotatable bonds is 3. The van der Waals surface area contributed by atoms with Gasteiger partial charge in [0.15, 0.2) is 5.69 Å². The highest BCUT2D eigenvalue weighted by Gasteiger charge is 2.32. The number of carbonyl (C=O) groups is 2. The van der Waals surface area contributed by atoms with Crippen molar-refractivity contribution in [3.05, 3.63) is 24.0 Å². The summed E-state index contributed by atoms with van der Waals surface area (Å²) in [7, 11) is 0. The molecule has 26 heavy (non-hydrogen) atoms. The van der Waals surface area contributed by atoms with Crippen molar-refractivity contribution in [2.45, 2.75) is 25.8 Å². The van der Waals surface area contributed by atoms with Gasteiger partial charge in [0.1, 0.15) is 5.75 Å². The molecule has 1 aromatic rings. The molecule has 8 heteroatoms. The third-order valence-corrected chi connectivity index (χ3v) is 5.03. The minimum absolute atomic E-state index is 0.0809. The first-order valence-electron chi connectivity index (χ1n) is 9.19. The number of nitrogens with zero attached hydrogens (tertiary/aromatic N) is 4. The summed E-state index contributed by atoms with van der Waals surface area (Å²) in [6.07, 6.45) is 3.21. The highest BCUT2D eigenvalue weighted by Crippen LogP contribution is 2.22. The van der Waals surface area contributed by atoms with E-state index in [0.717, 1.165) is 25.9 Å². The Labute approximate surface area is 153 Å². The number of pyridine rings is 1. The fraction of sp³-hybridized carbons (Fsp3) is 0.611. The molecule has 3 heterocycles. The maximum atomic E-state index is 12.7. The summed E-state index contributed by atoms with van der Waals surface area (Å²) < 4.78 is 5.06. The molecular weight excluding hydrogens is 336 g/mol. The van der Waals surface area contributed by atoms with Crippen LogP contribution in [0.2, 0.25) is 0 Å². The molecule has 2 aliphatic rings. The van der Waals surface area contributed by atoms with E-state index in [1.54, 1.807) is 22.8 Å². The molecule has 0 radical (unpaired) electrons. The van der Waals surface area contributed by atoms with Crippen LogP contribution in [0.4, 0.5) is 4.79 Å². The Morgan fingerprint density at radius 3 is 2.69 bits per heavy atom. The maximum Gasteiger partial charge on any atom is 0.409 e. The SMILES string of the molecule is CCOC(=O)N1CCN(C2CCCN(C(=O)c3ncccc3O)C2)CC1. The molecule has 1 aromatic heterocycles. The Bertz CT molecular complexity index is 646. The lowest BCUT2D eigenvalue weighted by Gasteiger charge is -2.43. The van der Waals surface area contributed by atoms with Crippen LogP contribution < -0.4 is 0 Å². The molecule has 0 aliphatic carbocycles. The zero-order chi connectivity index (χ0) is 18.5. The van der Waals surface area contributed by atoms with Crippen molar-refractivity contribution in [3.8, 4) is 5.75 Å². The summed E-state index contributed by atoms with van der Waals surface area (Å²) in [6.45, 7) is 6.33. The number of hydrogen-bond acceptors (Lipinski definition) is 6. The normalized spacial score (nSPS) is 21.5. The van der Waals surface area contributed by atoms with E-state index in [1.165, 1.54) is 12.3 Å². The van der Waals surface area contributed by atoms with Crippen molar-refractivity contribution >= 4 is 12.0 Å². The molecule has 0 spiro atoms. The number of piperazine rings is 1. The molecule has 2 fully saturated rings. The van der Waals surface area contributed by atoms with Gasteiger partial charge in [-0.1, -0.05) is 0 Å². The van der Waals surface area contributed by atoms with E-state index in [4.69, 9.17) is 4.74 Å². The van der Waals surface area contributed by atoms with Crippen molar-refractivity contribution in [3.63, 3.8) is 0 Å². The zero-order valence-corrected chi connectivity index (χ0v) is 15.1. The third kappa shape index (κ3) is 4.07. The van der Waals surface area contributed by atoms with E-state index in [1.807, 2.05) is 0 Å². The highest BCUT2D eigenvalue weighted by atomic mass is 16.6. The second kappa shape index (κ2) is 8.35. The smallest absolute Gasteiger partial charge is 0.409 e. The van der Waals surface area contributed by atoms with Gasteiger partial charge in [0.2, 0.25) is 0 Å². The molecule has 8 nitrogen and oxygen atoms in total. The predicted octanol–water partition coefficient (Wildman–Crippen LogP) is 1.17. The quantitative estimate of drug-likeness (QED) is 0.869. The molecule has 0 aromatic carbocycles. The molecule has 142 valence electrons. The average molecular weight is 362 g/mol. The van der Waals surface area contributed by atoms with Gasteiger partial charge in [-0.05, 0) is 31.9 Å². The fourth-order valence-corrected chi connectivity index (χ4v) is 3.63. The van der Waals surface area contributed by atoms with E-state index < -0.39 is 0 Å². The van der Waals surface area contributed by atoms with E-state index in [-0.39, 0.29) is 29.5 Å². The van der Waals surface area contributed by atoms with Gasteiger partial charge in [0.25, 0.3) is 5.91 Å². The molecule has 2 aliphatic heterocycles. The van der Waals surface area contributed by atoms with Gasteiger partial charge in [0, 0.05) is 51.5 Å². The first-order valence-corrected chi connectivity index (χ1v) is 9.19. The monoisotopic (exact) mass is 362 g/mol. The average Bonchev–Trinajstić information content (AvgIpc) is 2.68. The summed E-state index contributed by atoms with van der Waals surface area (Å²) in [6, 6.07) is 3.35. The Kier molecular flexibility index (Phi) is 5.92. The Balaban J connectivity index is 1.57. The molecule has 1 unspecified atom stereocenters. The molecule has 3 rings (SSSR count). The van der Waals surface area contributed by atoms with Gasteiger partial charge >= 0.3 is 6.09 Å². The number of amides is 2. The Morgan fingerprint density at radius 1 is 1.23 bits per heavy atom. The topological polar surface area (TPSA) is 86.2 Å². The predicted molar refractivity (Wildman–Crippen MR) is 95.0 cm³/mol. The van der Waals surface area contributed by atoms with Crippen molar-refractivity contribution in [1.29, 1.82) is 0 Å². The minimum Gasteiger partial charge on any atom is -0.505 e. The summed E-state index contributed by atoms with van der Waals surface area (Å²) in [5.74, 6) is -0.305. The standard InChI is InChI=1S/C18H26N4O4/c1-2-26-18(25)21-11-9-20(10-12-21)14-5-4-8-22(13-14)17(24)16-15(23)6-3-7-19-16/h3,6-7,14,23H,2,4-5,8-13H2,1H3. The summed E-state index contributed by atoms with van der Waals surface area (Å²) in [5.41, 5.74) is 0.111. The summed E-state index contributed by atoms with van der Waals surface area (Å²) in [5, 5.41) is 9.88. The Morgan fingerprint density at radius 2 is 2.00 bits per heavy atom. The van der Waals surface area contributed by atoms with Crippen LogP contribution in [0.1, 0.15) is 30.3 Å². The van der Waals surface area contributed by atoms with Crippen LogP contribution in [0.25, 0.3) is 0 Å². The molecule has 2 saturated heterocycles. The van der Waals surface area contributed by atoms with Crippen LogP contribution in [0.15, 0.2) is 18.3 Å². The number of aromatic hydroxyl groups is 1. The van der Waals surface area contributed by atoms with Crippen molar-refractivity contribution in [2.24, 2.45) is 0 Å². The molecule has 0 saturated carbocycles. The molecule has 1 N–H and O–H groups in total. The number of hydrogen-bond donors (Lipinski definition) is 1. The van der Waals surface area contributed by atoms with Gasteiger partial charge in [0.05, 0.1) is 6.61 Å². The second-order valence-electron chi connectivity index (χ2n) is 6.64. The molecular formula is C18H26N4O4. The number of likely N-dealkylation sites (tertiary alicyclic amines) is 1. The van der Waals surface area contributed by atoms with Crippen molar-refractivity contribution in [2.75, 3.05) is 45.9 Å². The lowest BCUT2D eigenvalue weighted by atomic mass is 10.0. The zero-order valence-electron chi connectivity index (χ0n) is 15.1. The summed E-state index contributed by atoms with van der Waals surface area (Å²) >= 11 is 0. The lowest BCUT2D eigenvalue weighted by molar-refractivity contribution is 0.0374. The van der Waals surface area contributed by atoms with Gasteiger partial charge in [-0.3, -0.25) is 9.69 Å². The maximum absolute atomic E-state index is 12.7. The Hall–Kier alpha value is -2.35. The fourth-order valence-electron chi connectivity index (χ4n) is 3.63. The number of ether oxygens (including phenoxy) is 1. The van der Waals surface area contributed by atoms with E-state index >= 15 is 0 Å². The first-order chi connectivity index (χ1) is 12.6. The van der Waals surface area contributed by atoms with Gasteiger partial charge in [-0.15, -0.1) is 0 Å².